The molecule has 0 amide bonds. The minimum atomic E-state index is -0.201. The lowest BCUT2D eigenvalue weighted by molar-refractivity contribution is -0.0527. The van der Waals surface area contributed by atoms with Gasteiger partial charge in [0.25, 0.3) is 0 Å². The van der Waals surface area contributed by atoms with Crippen LogP contribution in [0.5, 0.6) is 0 Å². The summed E-state index contributed by atoms with van der Waals surface area (Å²) in [6, 6.07) is 1.88. The Morgan fingerprint density at radius 3 is 2.60 bits per heavy atom. The number of ether oxygens (including phenoxy) is 1. The predicted molar refractivity (Wildman–Crippen MR) is 80.9 cm³/mol. The first-order chi connectivity index (χ1) is 9.72. The number of aromatic nitrogens is 1. The van der Waals surface area contributed by atoms with Crippen LogP contribution in [0.3, 0.4) is 0 Å². The number of nitrogens with zero attached hydrogens (tertiary/aromatic N) is 1. The standard InChI is InChI=1S/C15H26N4O/c1-20-15(7-4-2-3-5-8-15)14(19-17)10-12-11-18-9-6-13(12)16/h6,9,11,14,19H,2-5,7-8,10,17H2,1H3,(H2,16,18). The van der Waals surface area contributed by atoms with Gasteiger partial charge in [0.2, 0.25) is 0 Å². The number of pyridine rings is 1. The van der Waals surface area contributed by atoms with Crippen molar-refractivity contribution in [3.05, 3.63) is 24.0 Å². The maximum atomic E-state index is 6.02. The van der Waals surface area contributed by atoms with Crippen molar-refractivity contribution < 1.29 is 4.74 Å². The molecule has 1 aliphatic rings. The van der Waals surface area contributed by atoms with Gasteiger partial charge in [-0.15, -0.1) is 0 Å². The molecule has 1 atom stereocenters. The monoisotopic (exact) mass is 278 g/mol. The van der Waals surface area contributed by atoms with Crippen molar-refractivity contribution >= 4 is 5.69 Å². The number of hydrogen-bond acceptors (Lipinski definition) is 5. The molecular formula is C15H26N4O. The van der Waals surface area contributed by atoms with Crippen molar-refractivity contribution in [2.45, 2.75) is 56.6 Å². The maximum Gasteiger partial charge on any atom is 0.0847 e. The van der Waals surface area contributed by atoms with Crippen LogP contribution in [0, 0.1) is 0 Å². The van der Waals surface area contributed by atoms with Crippen LogP contribution in [-0.4, -0.2) is 23.7 Å². The summed E-state index contributed by atoms with van der Waals surface area (Å²) in [7, 11) is 1.79. The number of rotatable bonds is 5. The molecule has 112 valence electrons. The van der Waals surface area contributed by atoms with Crippen LogP contribution in [0.2, 0.25) is 0 Å². The number of nitrogens with one attached hydrogen (secondary N) is 1. The minimum absolute atomic E-state index is 0.0529. The Bertz CT molecular complexity index is 416. The first-order valence-corrected chi connectivity index (χ1v) is 7.41. The molecule has 1 unspecified atom stereocenters. The van der Waals surface area contributed by atoms with E-state index in [1.807, 2.05) is 12.3 Å². The molecule has 1 aromatic rings. The summed E-state index contributed by atoms with van der Waals surface area (Å²) in [4.78, 5) is 4.16. The van der Waals surface area contributed by atoms with E-state index in [0.29, 0.717) is 0 Å². The van der Waals surface area contributed by atoms with Crippen LogP contribution in [-0.2, 0) is 11.2 Å². The second-order valence-electron chi connectivity index (χ2n) is 5.68. The Balaban J connectivity index is 2.18. The van der Waals surface area contributed by atoms with Crippen LogP contribution < -0.4 is 17.0 Å². The Morgan fingerprint density at radius 2 is 2.05 bits per heavy atom. The largest absolute Gasteiger partial charge is 0.398 e. The smallest absolute Gasteiger partial charge is 0.0847 e. The molecule has 1 fully saturated rings. The van der Waals surface area contributed by atoms with Gasteiger partial charge in [-0.25, -0.2) is 0 Å². The van der Waals surface area contributed by atoms with E-state index < -0.39 is 0 Å². The quantitative estimate of drug-likeness (QED) is 0.434. The number of methoxy groups -OCH3 is 1. The van der Waals surface area contributed by atoms with Gasteiger partial charge in [-0.2, -0.15) is 0 Å². The molecule has 0 bridgehead atoms. The van der Waals surface area contributed by atoms with E-state index in [2.05, 4.69) is 10.4 Å². The number of anilines is 1. The van der Waals surface area contributed by atoms with Gasteiger partial charge in [0.05, 0.1) is 11.6 Å². The van der Waals surface area contributed by atoms with E-state index in [-0.39, 0.29) is 11.6 Å². The fraction of sp³-hybridized carbons (Fsp3) is 0.667. The van der Waals surface area contributed by atoms with Crippen LogP contribution in [0.15, 0.2) is 18.5 Å². The van der Waals surface area contributed by atoms with Crippen molar-refractivity contribution in [1.29, 1.82) is 0 Å². The molecule has 0 aliphatic heterocycles. The maximum absolute atomic E-state index is 6.02. The fourth-order valence-electron chi connectivity index (χ4n) is 3.25. The molecule has 1 aromatic heterocycles. The van der Waals surface area contributed by atoms with E-state index in [1.54, 1.807) is 13.3 Å². The summed E-state index contributed by atoms with van der Waals surface area (Å²) in [6.45, 7) is 0. The van der Waals surface area contributed by atoms with E-state index in [9.17, 15) is 0 Å². The molecule has 0 spiro atoms. The Morgan fingerprint density at radius 1 is 1.35 bits per heavy atom. The molecule has 1 heterocycles. The lowest BCUT2D eigenvalue weighted by Crippen LogP contribution is -2.55. The summed E-state index contributed by atoms with van der Waals surface area (Å²) in [5, 5.41) is 0. The molecule has 1 aliphatic carbocycles. The predicted octanol–water partition coefficient (Wildman–Crippen LogP) is 1.78. The average Bonchev–Trinajstić information content (AvgIpc) is 2.73. The first-order valence-electron chi connectivity index (χ1n) is 7.41. The Labute approximate surface area is 121 Å². The molecule has 0 aromatic carbocycles. The van der Waals surface area contributed by atoms with E-state index in [0.717, 1.165) is 30.5 Å². The Hall–Kier alpha value is -1.17. The lowest BCUT2D eigenvalue weighted by Gasteiger charge is -2.39. The Kier molecular flexibility index (Phi) is 5.34. The van der Waals surface area contributed by atoms with Crippen molar-refractivity contribution in [3.63, 3.8) is 0 Å². The third-order valence-electron chi connectivity index (χ3n) is 4.56. The highest BCUT2D eigenvalue weighted by Gasteiger charge is 2.38. The van der Waals surface area contributed by atoms with E-state index in [1.165, 1.54) is 25.7 Å². The van der Waals surface area contributed by atoms with Gasteiger partial charge in [-0.05, 0) is 30.9 Å². The third kappa shape index (κ3) is 3.29. The van der Waals surface area contributed by atoms with Gasteiger partial charge in [-0.3, -0.25) is 16.3 Å². The van der Waals surface area contributed by atoms with Gasteiger partial charge in [0.1, 0.15) is 0 Å². The lowest BCUT2D eigenvalue weighted by atomic mass is 9.83. The van der Waals surface area contributed by atoms with Crippen LogP contribution in [0.1, 0.15) is 44.1 Å². The average molecular weight is 278 g/mol. The third-order valence-corrected chi connectivity index (χ3v) is 4.56. The molecule has 0 saturated heterocycles. The molecule has 5 heteroatoms. The van der Waals surface area contributed by atoms with E-state index in [4.69, 9.17) is 16.3 Å². The highest BCUT2D eigenvalue weighted by Crippen LogP contribution is 2.34. The molecule has 5 nitrogen and oxygen atoms in total. The topological polar surface area (TPSA) is 86.2 Å². The first kappa shape index (κ1) is 15.2. The zero-order valence-corrected chi connectivity index (χ0v) is 12.3. The highest BCUT2D eigenvalue weighted by atomic mass is 16.5. The summed E-state index contributed by atoms with van der Waals surface area (Å²) in [6.07, 6.45) is 11.3. The molecule has 5 N–H and O–H groups in total. The van der Waals surface area contributed by atoms with Crippen LogP contribution in [0.25, 0.3) is 0 Å². The fourth-order valence-corrected chi connectivity index (χ4v) is 3.25. The van der Waals surface area contributed by atoms with Crippen molar-refractivity contribution in [1.82, 2.24) is 10.4 Å². The molecule has 1 saturated carbocycles. The number of hydrazine groups is 1. The second-order valence-corrected chi connectivity index (χ2v) is 5.68. The summed E-state index contributed by atoms with van der Waals surface area (Å²) < 4.78 is 5.92. The zero-order valence-electron chi connectivity index (χ0n) is 12.3. The SMILES string of the molecule is COC1(C(Cc2cnccc2N)NN)CCCCCC1. The van der Waals surface area contributed by atoms with Crippen LogP contribution in [0.4, 0.5) is 5.69 Å². The van der Waals surface area contributed by atoms with Gasteiger partial charge >= 0.3 is 0 Å². The van der Waals surface area contributed by atoms with Crippen LogP contribution >= 0.6 is 0 Å². The minimum Gasteiger partial charge on any atom is -0.398 e. The summed E-state index contributed by atoms with van der Waals surface area (Å²) >= 11 is 0. The second kappa shape index (κ2) is 7.02. The highest BCUT2D eigenvalue weighted by molar-refractivity contribution is 5.44. The number of nitrogens with two attached hydrogens (primary N) is 2. The molecule has 0 radical (unpaired) electrons. The molecular weight excluding hydrogens is 252 g/mol. The van der Waals surface area contributed by atoms with Crippen molar-refractivity contribution in [3.8, 4) is 0 Å². The van der Waals surface area contributed by atoms with Gasteiger partial charge < -0.3 is 10.5 Å². The van der Waals surface area contributed by atoms with Crippen molar-refractivity contribution in [2.24, 2.45) is 5.84 Å². The number of hydrogen-bond donors (Lipinski definition) is 3. The van der Waals surface area contributed by atoms with Gasteiger partial charge in [0, 0.05) is 25.2 Å². The summed E-state index contributed by atoms with van der Waals surface area (Å²) in [5.41, 5.74) is 10.6. The summed E-state index contributed by atoms with van der Waals surface area (Å²) in [5.74, 6) is 5.82. The normalized spacial score (nSPS) is 20.3. The zero-order chi connectivity index (χ0) is 14.4. The van der Waals surface area contributed by atoms with E-state index >= 15 is 0 Å². The van der Waals surface area contributed by atoms with Gasteiger partial charge in [0.15, 0.2) is 0 Å². The van der Waals surface area contributed by atoms with Crippen molar-refractivity contribution in [2.75, 3.05) is 12.8 Å². The van der Waals surface area contributed by atoms with Gasteiger partial charge in [-0.1, -0.05) is 25.7 Å². The molecule has 20 heavy (non-hydrogen) atoms. The molecule has 2 rings (SSSR count). The number of nitrogen functional groups attached to an aromatic ring is 1.